The molecule has 0 amide bonds. The summed E-state index contributed by atoms with van der Waals surface area (Å²) in [5.74, 6) is 1.42. The highest BCUT2D eigenvalue weighted by atomic mass is 127. The van der Waals surface area contributed by atoms with Gasteiger partial charge in [0, 0.05) is 11.6 Å². The van der Waals surface area contributed by atoms with Crippen LogP contribution in [-0.2, 0) is 6.54 Å². The van der Waals surface area contributed by atoms with Crippen LogP contribution in [0.15, 0.2) is 29.3 Å². The molecule has 3 N–H and O–H groups in total. The maximum absolute atomic E-state index is 6.03. The van der Waals surface area contributed by atoms with Crippen LogP contribution in [0.2, 0.25) is 0 Å². The van der Waals surface area contributed by atoms with Crippen LogP contribution in [0.4, 0.5) is 0 Å². The third kappa shape index (κ3) is 7.42. The second kappa shape index (κ2) is 9.35. The molecule has 5 heteroatoms. The van der Waals surface area contributed by atoms with E-state index in [1.54, 1.807) is 0 Å². The Morgan fingerprint density at radius 2 is 1.87 bits per heavy atom. The van der Waals surface area contributed by atoms with Crippen molar-refractivity contribution >= 4 is 29.9 Å². The lowest BCUT2D eigenvalue weighted by molar-refractivity contribution is 0.129. The van der Waals surface area contributed by atoms with Gasteiger partial charge in [-0.1, -0.05) is 37.5 Å². The molecular weight excluding hydrogens is 401 g/mol. The van der Waals surface area contributed by atoms with Crippen molar-refractivity contribution in [1.82, 2.24) is 5.32 Å². The number of nitrogens with one attached hydrogen (secondary N) is 1. The molecular formula is C18H30IN3O. The lowest BCUT2D eigenvalue weighted by Gasteiger charge is -2.24. The van der Waals surface area contributed by atoms with Gasteiger partial charge in [0.1, 0.15) is 11.4 Å². The summed E-state index contributed by atoms with van der Waals surface area (Å²) in [5, 5.41) is 3.34. The van der Waals surface area contributed by atoms with Crippen LogP contribution >= 0.6 is 24.0 Å². The van der Waals surface area contributed by atoms with Gasteiger partial charge in [0.2, 0.25) is 0 Å². The fraction of sp³-hybridized carbons (Fsp3) is 0.611. The third-order valence-corrected chi connectivity index (χ3v) is 3.77. The molecule has 0 aromatic heterocycles. The Hall–Kier alpha value is -0.980. The Labute approximate surface area is 157 Å². The summed E-state index contributed by atoms with van der Waals surface area (Å²) in [5.41, 5.74) is 6.87. The maximum atomic E-state index is 6.03. The zero-order chi connectivity index (χ0) is 16.0. The van der Waals surface area contributed by atoms with E-state index in [1.165, 1.54) is 32.1 Å². The summed E-state index contributed by atoms with van der Waals surface area (Å²) in [6.07, 6.45) is 6.30. The molecule has 130 valence electrons. The van der Waals surface area contributed by atoms with E-state index in [-0.39, 0.29) is 29.6 Å². The van der Waals surface area contributed by atoms with Crippen LogP contribution in [0.3, 0.4) is 0 Å². The minimum Gasteiger partial charge on any atom is -0.488 e. The van der Waals surface area contributed by atoms with Crippen LogP contribution in [0.25, 0.3) is 0 Å². The molecule has 1 aliphatic carbocycles. The predicted octanol–water partition coefficient (Wildman–Crippen LogP) is 4.22. The summed E-state index contributed by atoms with van der Waals surface area (Å²) in [4.78, 5) is 4.48. The van der Waals surface area contributed by atoms with Crippen molar-refractivity contribution < 1.29 is 4.74 Å². The van der Waals surface area contributed by atoms with Crippen molar-refractivity contribution in [3.8, 4) is 5.75 Å². The van der Waals surface area contributed by atoms with Crippen LogP contribution < -0.4 is 15.8 Å². The average Bonchev–Trinajstić information content (AvgIpc) is 2.46. The Morgan fingerprint density at radius 3 is 2.52 bits per heavy atom. The highest BCUT2D eigenvalue weighted by molar-refractivity contribution is 14.0. The minimum absolute atomic E-state index is 0. The summed E-state index contributed by atoms with van der Waals surface area (Å²) < 4.78 is 5.98. The first-order valence-electron chi connectivity index (χ1n) is 8.27. The van der Waals surface area contributed by atoms with Gasteiger partial charge in [0.25, 0.3) is 0 Å². The number of ether oxygens (including phenoxy) is 1. The first kappa shape index (κ1) is 20.1. The largest absolute Gasteiger partial charge is 0.488 e. The molecule has 1 aliphatic rings. The lowest BCUT2D eigenvalue weighted by atomic mass is 9.96. The zero-order valence-electron chi connectivity index (χ0n) is 14.5. The number of hydrogen-bond acceptors (Lipinski definition) is 2. The van der Waals surface area contributed by atoms with Gasteiger partial charge in [-0.15, -0.1) is 24.0 Å². The van der Waals surface area contributed by atoms with Gasteiger partial charge >= 0.3 is 0 Å². The van der Waals surface area contributed by atoms with E-state index >= 15 is 0 Å². The van der Waals surface area contributed by atoms with Gasteiger partial charge < -0.3 is 15.8 Å². The van der Waals surface area contributed by atoms with Crippen LogP contribution in [0.1, 0.15) is 58.4 Å². The van der Waals surface area contributed by atoms with Crippen molar-refractivity contribution in [2.45, 2.75) is 71.1 Å². The molecule has 0 spiro atoms. The number of aliphatic imine (C=N–C) groups is 1. The van der Waals surface area contributed by atoms with E-state index in [0.717, 1.165) is 11.3 Å². The van der Waals surface area contributed by atoms with Gasteiger partial charge in [-0.2, -0.15) is 0 Å². The number of hydrogen-bond donors (Lipinski definition) is 2. The number of guanidine groups is 1. The third-order valence-electron chi connectivity index (χ3n) is 3.77. The molecule has 0 radical (unpaired) electrons. The number of nitrogens with two attached hydrogens (primary N) is 1. The van der Waals surface area contributed by atoms with Gasteiger partial charge in [-0.3, -0.25) is 0 Å². The smallest absolute Gasteiger partial charge is 0.189 e. The molecule has 2 rings (SSSR count). The molecule has 0 heterocycles. The molecule has 0 unspecified atom stereocenters. The SMILES string of the molecule is CC(C)(C)Oc1ccccc1CN=C(N)NC1CCCCC1.I. The molecule has 1 saturated carbocycles. The minimum atomic E-state index is -0.217. The van der Waals surface area contributed by atoms with Gasteiger partial charge in [-0.25, -0.2) is 4.99 Å². The van der Waals surface area contributed by atoms with E-state index in [4.69, 9.17) is 10.5 Å². The van der Waals surface area contributed by atoms with Gasteiger partial charge in [0.15, 0.2) is 5.96 Å². The van der Waals surface area contributed by atoms with Crippen LogP contribution in [0.5, 0.6) is 5.75 Å². The number of benzene rings is 1. The van der Waals surface area contributed by atoms with Crippen LogP contribution in [-0.4, -0.2) is 17.6 Å². The number of rotatable bonds is 4. The molecule has 1 aromatic carbocycles. The summed E-state index contributed by atoms with van der Waals surface area (Å²) >= 11 is 0. The standard InChI is InChI=1S/C18H29N3O.HI/c1-18(2,3)22-16-12-8-7-9-14(16)13-20-17(19)21-15-10-5-4-6-11-15;/h7-9,12,15H,4-6,10-11,13H2,1-3H3,(H3,19,20,21);1H. The monoisotopic (exact) mass is 431 g/mol. The number of halogens is 1. The lowest BCUT2D eigenvalue weighted by Crippen LogP contribution is -2.41. The van der Waals surface area contributed by atoms with Crippen molar-refractivity contribution in [3.63, 3.8) is 0 Å². The molecule has 4 nitrogen and oxygen atoms in total. The molecule has 0 saturated heterocycles. The Morgan fingerprint density at radius 1 is 1.22 bits per heavy atom. The second-order valence-corrected chi connectivity index (χ2v) is 7.00. The fourth-order valence-electron chi connectivity index (χ4n) is 2.74. The zero-order valence-corrected chi connectivity index (χ0v) is 16.8. The van der Waals surface area contributed by atoms with Gasteiger partial charge in [0.05, 0.1) is 6.54 Å². The highest BCUT2D eigenvalue weighted by Gasteiger charge is 2.15. The van der Waals surface area contributed by atoms with E-state index in [2.05, 4.69) is 10.3 Å². The Bertz CT molecular complexity index is 505. The van der Waals surface area contributed by atoms with E-state index in [9.17, 15) is 0 Å². The Balaban J connectivity index is 0.00000264. The van der Waals surface area contributed by atoms with Crippen molar-refractivity contribution in [3.05, 3.63) is 29.8 Å². The molecule has 1 fully saturated rings. The number of para-hydroxylation sites is 1. The topological polar surface area (TPSA) is 59.6 Å². The number of nitrogens with zero attached hydrogens (tertiary/aromatic N) is 1. The first-order valence-corrected chi connectivity index (χ1v) is 8.27. The quantitative estimate of drug-likeness (QED) is 0.427. The Kier molecular flexibility index (Phi) is 8.16. The van der Waals surface area contributed by atoms with Crippen molar-refractivity contribution in [1.29, 1.82) is 0 Å². The predicted molar refractivity (Wildman–Crippen MR) is 108 cm³/mol. The molecule has 0 aliphatic heterocycles. The first-order chi connectivity index (χ1) is 10.4. The average molecular weight is 431 g/mol. The van der Waals surface area contributed by atoms with E-state index in [1.807, 2.05) is 45.0 Å². The molecule has 0 bridgehead atoms. The maximum Gasteiger partial charge on any atom is 0.189 e. The van der Waals surface area contributed by atoms with Gasteiger partial charge in [-0.05, 0) is 39.7 Å². The fourth-order valence-corrected chi connectivity index (χ4v) is 2.74. The molecule has 0 atom stereocenters. The van der Waals surface area contributed by atoms with Crippen molar-refractivity contribution in [2.75, 3.05) is 0 Å². The van der Waals surface area contributed by atoms with E-state index in [0.29, 0.717) is 18.5 Å². The van der Waals surface area contributed by atoms with Crippen LogP contribution in [0, 0.1) is 0 Å². The highest BCUT2D eigenvalue weighted by Crippen LogP contribution is 2.23. The normalized spacial score (nSPS) is 16.6. The summed E-state index contributed by atoms with van der Waals surface area (Å²) in [6, 6.07) is 8.50. The molecule has 1 aromatic rings. The summed E-state index contributed by atoms with van der Waals surface area (Å²) in [6.45, 7) is 6.68. The summed E-state index contributed by atoms with van der Waals surface area (Å²) in [7, 11) is 0. The second-order valence-electron chi connectivity index (χ2n) is 7.00. The van der Waals surface area contributed by atoms with Crippen molar-refractivity contribution in [2.24, 2.45) is 10.7 Å². The van der Waals surface area contributed by atoms with E-state index < -0.39 is 0 Å². The molecule has 23 heavy (non-hydrogen) atoms.